The third-order valence-electron chi connectivity index (χ3n) is 5.20. The lowest BCUT2D eigenvalue weighted by molar-refractivity contribution is 0.125. The molecule has 1 aliphatic carbocycles. The van der Waals surface area contributed by atoms with Crippen LogP contribution < -0.4 is 0 Å². The lowest BCUT2D eigenvalue weighted by atomic mass is 9.97. The Balaban J connectivity index is 1.41. The Hall–Kier alpha value is -2.80. The van der Waals surface area contributed by atoms with Crippen LogP contribution in [0, 0.1) is 6.92 Å². The molecule has 6 nitrogen and oxygen atoms in total. The minimum Gasteiger partial charge on any atom is -0.387 e. The molecule has 7 heteroatoms. The van der Waals surface area contributed by atoms with Crippen LogP contribution in [0.25, 0.3) is 15.9 Å². The van der Waals surface area contributed by atoms with Gasteiger partial charge in [-0.25, -0.2) is 14.5 Å². The smallest absolute Gasteiger partial charge is 0.192 e. The van der Waals surface area contributed by atoms with Gasteiger partial charge in [-0.1, -0.05) is 35.0 Å². The SMILES string of the molecule is CC(=NOCc1nc2c3c4c(sc3ncn2n1)CCCC4)c1ccc(C)cc1. The van der Waals surface area contributed by atoms with Crippen LogP contribution in [-0.4, -0.2) is 25.3 Å². The van der Waals surface area contributed by atoms with Crippen LogP contribution in [0.1, 0.15) is 47.2 Å². The molecule has 1 aliphatic rings. The molecule has 142 valence electrons. The third-order valence-corrected chi connectivity index (χ3v) is 6.40. The van der Waals surface area contributed by atoms with E-state index in [1.165, 1.54) is 34.2 Å². The van der Waals surface area contributed by atoms with Gasteiger partial charge in [0, 0.05) is 4.88 Å². The summed E-state index contributed by atoms with van der Waals surface area (Å²) >= 11 is 1.80. The highest BCUT2D eigenvalue weighted by Crippen LogP contribution is 2.36. The normalized spacial score (nSPS) is 14.6. The average molecular weight is 392 g/mol. The van der Waals surface area contributed by atoms with Crippen molar-refractivity contribution in [1.29, 1.82) is 0 Å². The van der Waals surface area contributed by atoms with Crippen LogP contribution in [0.15, 0.2) is 35.7 Å². The number of hydrogen-bond donors (Lipinski definition) is 0. The van der Waals surface area contributed by atoms with Gasteiger partial charge in [-0.05, 0) is 50.7 Å². The van der Waals surface area contributed by atoms with E-state index in [0.29, 0.717) is 5.82 Å². The number of fused-ring (bicyclic) bond motifs is 5. The first kappa shape index (κ1) is 17.3. The molecule has 0 saturated carbocycles. The molecular weight excluding hydrogens is 370 g/mol. The van der Waals surface area contributed by atoms with E-state index in [0.717, 1.165) is 34.6 Å². The summed E-state index contributed by atoms with van der Waals surface area (Å²) in [7, 11) is 0. The molecule has 0 atom stereocenters. The van der Waals surface area contributed by atoms with Crippen LogP contribution in [0.2, 0.25) is 0 Å². The van der Waals surface area contributed by atoms with E-state index in [1.807, 2.05) is 19.1 Å². The van der Waals surface area contributed by atoms with Crippen molar-refractivity contribution >= 4 is 32.9 Å². The van der Waals surface area contributed by atoms with Crippen molar-refractivity contribution in [2.24, 2.45) is 5.16 Å². The van der Waals surface area contributed by atoms with E-state index in [-0.39, 0.29) is 6.61 Å². The fraction of sp³-hybridized carbons (Fsp3) is 0.333. The molecule has 0 aliphatic heterocycles. The van der Waals surface area contributed by atoms with Crippen molar-refractivity contribution in [3.63, 3.8) is 0 Å². The highest BCUT2D eigenvalue weighted by Gasteiger charge is 2.20. The van der Waals surface area contributed by atoms with Crippen molar-refractivity contribution < 1.29 is 4.84 Å². The van der Waals surface area contributed by atoms with E-state index in [2.05, 4.69) is 34.3 Å². The Kier molecular flexibility index (Phi) is 4.31. The minimum atomic E-state index is 0.235. The van der Waals surface area contributed by atoms with Gasteiger partial charge in [-0.15, -0.1) is 16.4 Å². The van der Waals surface area contributed by atoms with Crippen molar-refractivity contribution in [1.82, 2.24) is 19.6 Å². The van der Waals surface area contributed by atoms with Crippen LogP contribution in [0.3, 0.4) is 0 Å². The molecule has 0 spiro atoms. The fourth-order valence-electron chi connectivity index (χ4n) is 3.69. The predicted octanol–water partition coefficient (Wildman–Crippen LogP) is 4.47. The van der Waals surface area contributed by atoms with Gasteiger partial charge in [0.15, 0.2) is 18.1 Å². The number of oxime groups is 1. The van der Waals surface area contributed by atoms with E-state index in [4.69, 9.17) is 9.82 Å². The van der Waals surface area contributed by atoms with Crippen LogP contribution in [-0.2, 0) is 24.3 Å². The second-order valence-corrected chi connectivity index (χ2v) is 8.33. The van der Waals surface area contributed by atoms with Gasteiger partial charge < -0.3 is 4.84 Å². The fourth-order valence-corrected chi connectivity index (χ4v) is 4.92. The first-order valence-corrected chi connectivity index (χ1v) is 10.4. The zero-order chi connectivity index (χ0) is 19.1. The molecular formula is C21H21N5OS. The molecule has 0 fully saturated rings. The predicted molar refractivity (Wildman–Crippen MR) is 111 cm³/mol. The molecule has 0 amide bonds. The first-order chi connectivity index (χ1) is 13.7. The van der Waals surface area contributed by atoms with Crippen molar-refractivity contribution in [3.8, 4) is 0 Å². The number of aromatic nitrogens is 4. The molecule has 0 bridgehead atoms. The summed E-state index contributed by atoms with van der Waals surface area (Å²) in [5, 5.41) is 9.92. The zero-order valence-corrected chi connectivity index (χ0v) is 16.8. The van der Waals surface area contributed by atoms with Gasteiger partial charge in [0.05, 0.1) is 11.1 Å². The maximum atomic E-state index is 5.53. The third kappa shape index (κ3) is 3.05. The lowest BCUT2D eigenvalue weighted by Crippen LogP contribution is -1.99. The van der Waals surface area contributed by atoms with Gasteiger partial charge in [0.25, 0.3) is 0 Å². The van der Waals surface area contributed by atoms with Crippen LogP contribution in [0.4, 0.5) is 0 Å². The Bertz CT molecular complexity index is 1190. The van der Waals surface area contributed by atoms with Gasteiger partial charge in [-0.3, -0.25) is 0 Å². The van der Waals surface area contributed by atoms with Crippen molar-refractivity contribution in [2.45, 2.75) is 46.1 Å². The number of hydrogen-bond acceptors (Lipinski definition) is 6. The summed E-state index contributed by atoms with van der Waals surface area (Å²) < 4.78 is 1.76. The van der Waals surface area contributed by atoms with E-state index >= 15 is 0 Å². The average Bonchev–Trinajstić information content (AvgIpc) is 3.28. The van der Waals surface area contributed by atoms with Gasteiger partial charge in [0.2, 0.25) is 0 Å². The molecule has 0 N–H and O–H groups in total. The summed E-state index contributed by atoms with van der Waals surface area (Å²) in [6.45, 7) is 4.24. The van der Waals surface area contributed by atoms with Crippen LogP contribution >= 0.6 is 11.3 Å². The maximum Gasteiger partial charge on any atom is 0.192 e. The van der Waals surface area contributed by atoms with Crippen molar-refractivity contribution in [3.05, 3.63) is 58.0 Å². The van der Waals surface area contributed by atoms with E-state index in [1.54, 1.807) is 22.2 Å². The zero-order valence-electron chi connectivity index (χ0n) is 16.0. The number of nitrogens with zero attached hydrogens (tertiary/aromatic N) is 5. The molecule has 0 unspecified atom stereocenters. The maximum absolute atomic E-state index is 5.53. The monoisotopic (exact) mass is 391 g/mol. The topological polar surface area (TPSA) is 64.7 Å². The standard InChI is InChI=1S/C21H21N5OS/c1-13-7-9-15(10-8-13)14(2)25-27-11-18-23-20-19-16-5-3-4-6-17(16)28-21(19)22-12-26(20)24-18/h7-10,12H,3-6,11H2,1-2H3. The van der Waals surface area contributed by atoms with Crippen molar-refractivity contribution in [2.75, 3.05) is 0 Å². The van der Waals surface area contributed by atoms with Gasteiger partial charge >= 0.3 is 0 Å². The first-order valence-electron chi connectivity index (χ1n) is 9.57. The summed E-state index contributed by atoms with van der Waals surface area (Å²) in [4.78, 5) is 17.4. The molecule has 0 radical (unpaired) electrons. The molecule has 28 heavy (non-hydrogen) atoms. The van der Waals surface area contributed by atoms with E-state index < -0.39 is 0 Å². The number of benzene rings is 1. The number of rotatable bonds is 4. The molecule has 4 aromatic rings. The summed E-state index contributed by atoms with van der Waals surface area (Å²) in [6, 6.07) is 8.22. The minimum absolute atomic E-state index is 0.235. The second-order valence-electron chi connectivity index (χ2n) is 7.25. The highest BCUT2D eigenvalue weighted by atomic mass is 32.1. The lowest BCUT2D eigenvalue weighted by Gasteiger charge is -2.09. The second kappa shape index (κ2) is 6.98. The molecule has 5 rings (SSSR count). The highest BCUT2D eigenvalue weighted by molar-refractivity contribution is 7.19. The number of thiophene rings is 1. The quantitative estimate of drug-likeness (QED) is 0.380. The van der Waals surface area contributed by atoms with Gasteiger partial charge in [0.1, 0.15) is 11.2 Å². The molecule has 3 aromatic heterocycles. The van der Waals surface area contributed by atoms with Gasteiger partial charge in [-0.2, -0.15) is 0 Å². The van der Waals surface area contributed by atoms with E-state index in [9.17, 15) is 0 Å². The molecule has 1 aromatic carbocycles. The Morgan fingerprint density at radius 3 is 2.89 bits per heavy atom. The summed E-state index contributed by atoms with van der Waals surface area (Å²) in [5.74, 6) is 0.616. The Labute approximate surface area is 166 Å². The van der Waals surface area contributed by atoms with Crippen LogP contribution in [0.5, 0.6) is 0 Å². The Morgan fingerprint density at radius 1 is 1.21 bits per heavy atom. The summed E-state index contributed by atoms with van der Waals surface area (Å²) in [6.07, 6.45) is 6.50. The molecule has 3 heterocycles. The molecule has 0 saturated heterocycles. The number of aryl methyl sites for hydroxylation is 3. The Morgan fingerprint density at radius 2 is 2.04 bits per heavy atom. The summed E-state index contributed by atoms with van der Waals surface area (Å²) in [5.41, 5.74) is 5.39. The largest absolute Gasteiger partial charge is 0.387 e.